The zero-order valence-corrected chi connectivity index (χ0v) is 18.5. The molecule has 2 aromatic carbocycles. The smallest absolute Gasteiger partial charge is 0.273 e. The molecule has 0 radical (unpaired) electrons. The summed E-state index contributed by atoms with van der Waals surface area (Å²) in [5.41, 5.74) is -0.165. The van der Waals surface area contributed by atoms with Crippen LogP contribution in [0.4, 0.5) is 5.69 Å². The Labute approximate surface area is 195 Å². The number of ketones is 1. The first-order valence-corrected chi connectivity index (χ1v) is 10.9. The van der Waals surface area contributed by atoms with Gasteiger partial charge in [-0.25, -0.2) is 5.01 Å². The van der Waals surface area contributed by atoms with Gasteiger partial charge in [0, 0.05) is 23.3 Å². The summed E-state index contributed by atoms with van der Waals surface area (Å²) in [6.07, 6.45) is 2.68. The second-order valence-electron chi connectivity index (χ2n) is 8.31. The summed E-state index contributed by atoms with van der Waals surface area (Å²) in [4.78, 5) is 63.4. The van der Waals surface area contributed by atoms with E-state index in [0.717, 1.165) is 28.9 Å². The number of nitro benzene ring substituents is 1. The molecule has 2 fully saturated rings. The number of nitro groups is 1. The third kappa shape index (κ3) is 4.26. The van der Waals surface area contributed by atoms with Crippen molar-refractivity contribution in [1.29, 1.82) is 0 Å². The maximum absolute atomic E-state index is 13.5. The summed E-state index contributed by atoms with van der Waals surface area (Å²) < 4.78 is 5.09. The van der Waals surface area contributed by atoms with Crippen LogP contribution in [0, 0.1) is 22.0 Å². The van der Waals surface area contributed by atoms with Gasteiger partial charge in [-0.3, -0.25) is 29.3 Å². The number of imide groups is 1. The second kappa shape index (κ2) is 9.42. The molecule has 1 saturated heterocycles. The highest BCUT2D eigenvalue weighted by Crippen LogP contribution is 2.39. The van der Waals surface area contributed by atoms with Crippen LogP contribution in [0.3, 0.4) is 0 Å². The molecule has 10 nitrogen and oxygen atoms in total. The number of Topliss-reactive ketones (excluding diaryl/α,β-unsaturated/α-hetero) is 1. The Kier molecular flexibility index (Phi) is 6.40. The first kappa shape index (κ1) is 23.1. The summed E-state index contributed by atoms with van der Waals surface area (Å²) in [6, 6.07) is 11.2. The lowest BCUT2D eigenvalue weighted by Gasteiger charge is -2.30. The SMILES string of the molecule is COc1ccc(C(=O)CN(C(=O)c2cccc([N+](=O)[O-])c2)N2C(=O)C3CCCCC3C2=O)cc1. The molecule has 4 rings (SSSR count). The molecule has 0 N–H and O–H groups in total. The minimum atomic E-state index is -0.842. The molecular formula is C24H23N3O7. The number of benzene rings is 2. The maximum atomic E-state index is 13.5. The summed E-state index contributed by atoms with van der Waals surface area (Å²) in [6.45, 7) is -0.579. The van der Waals surface area contributed by atoms with Gasteiger partial charge in [0.05, 0.1) is 23.9 Å². The van der Waals surface area contributed by atoms with Crippen LogP contribution in [0.25, 0.3) is 0 Å². The highest BCUT2D eigenvalue weighted by molar-refractivity contribution is 6.09. The van der Waals surface area contributed by atoms with Gasteiger partial charge in [-0.15, -0.1) is 0 Å². The fraction of sp³-hybridized carbons (Fsp3) is 0.333. The zero-order valence-electron chi connectivity index (χ0n) is 18.5. The molecule has 2 aliphatic rings. The van der Waals surface area contributed by atoms with Gasteiger partial charge in [-0.05, 0) is 43.2 Å². The normalized spacial score (nSPS) is 19.5. The number of hydrazine groups is 1. The number of amides is 3. The molecule has 1 aliphatic carbocycles. The van der Waals surface area contributed by atoms with Crippen molar-refractivity contribution >= 4 is 29.2 Å². The highest BCUT2D eigenvalue weighted by Gasteiger charge is 2.51. The zero-order chi connectivity index (χ0) is 24.4. The lowest BCUT2D eigenvalue weighted by Crippen LogP contribution is -2.52. The van der Waals surface area contributed by atoms with Gasteiger partial charge in [0.1, 0.15) is 12.3 Å². The van der Waals surface area contributed by atoms with Crippen molar-refractivity contribution in [3.8, 4) is 5.75 Å². The van der Waals surface area contributed by atoms with E-state index >= 15 is 0 Å². The van der Waals surface area contributed by atoms with Gasteiger partial charge in [-0.2, -0.15) is 5.01 Å². The Balaban J connectivity index is 1.70. The highest BCUT2D eigenvalue weighted by atomic mass is 16.6. The number of nitrogens with zero attached hydrogens (tertiary/aromatic N) is 3. The molecule has 1 saturated carbocycles. The molecule has 0 spiro atoms. The van der Waals surface area contributed by atoms with Gasteiger partial charge < -0.3 is 4.74 Å². The monoisotopic (exact) mass is 465 g/mol. The number of rotatable bonds is 7. The topological polar surface area (TPSA) is 127 Å². The summed E-state index contributed by atoms with van der Waals surface area (Å²) >= 11 is 0. The van der Waals surface area contributed by atoms with Crippen molar-refractivity contribution in [3.63, 3.8) is 0 Å². The van der Waals surface area contributed by atoms with Gasteiger partial charge in [-0.1, -0.05) is 18.9 Å². The van der Waals surface area contributed by atoms with Gasteiger partial charge in [0.15, 0.2) is 5.78 Å². The van der Waals surface area contributed by atoms with Crippen molar-refractivity contribution in [2.75, 3.05) is 13.7 Å². The van der Waals surface area contributed by atoms with E-state index in [9.17, 15) is 29.3 Å². The quantitative estimate of drug-likeness (QED) is 0.266. The van der Waals surface area contributed by atoms with E-state index in [4.69, 9.17) is 4.74 Å². The molecule has 2 unspecified atom stereocenters. The predicted octanol–water partition coefficient (Wildman–Crippen LogP) is 3.02. The molecule has 1 aliphatic heterocycles. The van der Waals surface area contributed by atoms with Crippen LogP contribution in [-0.2, 0) is 9.59 Å². The Morgan fingerprint density at radius 2 is 1.65 bits per heavy atom. The van der Waals surface area contributed by atoms with Crippen LogP contribution in [0.2, 0.25) is 0 Å². The number of hydrogen-bond acceptors (Lipinski definition) is 7. The average molecular weight is 465 g/mol. The van der Waals surface area contributed by atoms with Crippen molar-refractivity contribution in [2.24, 2.45) is 11.8 Å². The van der Waals surface area contributed by atoms with Gasteiger partial charge in [0.2, 0.25) is 0 Å². The van der Waals surface area contributed by atoms with Crippen LogP contribution >= 0.6 is 0 Å². The summed E-state index contributed by atoms with van der Waals surface area (Å²) in [5, 5.41) is 12.8. The van der Waals surface area contributed by atoms with Crippen LogP contribution in [0.15, 0.2) is 48.5 Å². The van der Waals surface area contributed by atoms with E-state index in [0.29, 0.717) is 18.6 Å². The number of hydrogen-bond donors (Lipinski definition) is 0. The van der Waals surface area contributed by atoms with Crippen molar-refractivity contribution in [1.82, 2.24) is 10.0 Å². The second-order valence-corrected chi connectivity index (χ2v) is 8.31. The molecular weight excluding hydrogens is 442 g/mol. The van der Waals surface area contributed by atoms with E-state index in [1.807, 2.05) is 0 Å². The van der Waals surface area contributed by atoms with Crippen molar-refractivity contribution in [2.45, 2.75) is 25.7 Å². The average Bonchev–Trinajstić information content (AvgIpc) is 3.12. The Morgan fingerprint density at radius 1 is 1.03 bits per heavy atom. The van der Waals surface area contributed by atoms with Gasteiger partial charge >= 0.3 is 0 Å². The fourth-order valence-electron chi connectivity index (χ4n) is 4.52. The fourth-order valence-corrected chi connectivity index (χ4v) is 4.52. The third-order valence-corrected chi connectivity index (χ3v) is 6.30. The number of non-ortho nitro benzene ring substituents is 1. The van der Waals surface area contributed by atoms with Crippen molar-refractivity contribution < 1.29 is 28.8 Å². The van der Waals surface area contributed by atoms with E-state index in [2.05, 4.69) is 0 Å². The first-order chi connectivity index (χ1) is 16.3. The number of fused-ring (bicyclic) bond motifs is 1. The predicted molar refractivity (Wildman–Crippen MR) is 119 cm³/mol. The number of carbonyl (C=O) groups excluding carboxylic acids is 4. The van der Waals surface area contributed by atoms with Crippen LogP contribution in [0.1, 0.15) is 46.4 Å². The van der Waals surface area contributed by atoms with Crippen molar-refractivity contribution in [3.05, 3.63) is 69.8 Å². The number of methoxy groups -OCH3 is 1. The number of ether oxygens (including phenoxy) is 1. The van der Waals surface area contributed by atoms with E-state index in [1.165, 1.54) is 37.4 Å². The number of carbonyl (C=O) groups is 4. The molecule has 3 amide bonds. The molecule has 10 heteroatoms. The first-order valence-electron chi connectivity index (χ1n) is 10.9. The molecule has 2 atom stereocenters. The standard InChI is InChI=1S/C24H23N3O7/c1-34-18-11-9-15(10-12-18)21(28)14-25(22(29)16-5-4-6-17(13-16)27(32)33)26-23(30)19-7-2-3-8-20(19)24(26)31/h4-6,9-13,19-20H,2-3,7-8,14H2,1H3. The van der Waals surface area contributed by atoms with Crippen LogP contribution in [0.5, 0.6) is 5.75 Å². The Morgan fingerprint density at radius 3 is 2.21 bits per heavy atom. The van der Waals surface area contributed by atoms with E-state index < -0.39 is 46.8 Å². The molecule has 1 heterocycles. The van der Waals surface area contributed by atoms with E-state index in [-0.39, 0.29) is 16.8 Å². The molecule has 2 aromatic rings. The lowest BCUT2D eigenvalue weighted by molar-refractivity contribution is -0.384. The van der Waals surface area contributed by atoms with Crippen LogP contribution < -0.4 is 4.74 Å². The molecule has 0 bridgehead atoms. The third-order valence-electron chi connectivity index (χ3n) is 6.30. The summed E-state index contributed by atoms with van der Waals surface area (Å²) in [7, 11) is 1.49. The minimum absolute atomic E-state index is 0.104. The maximum Gasteiger partial charge on any atom is 0.273 e. The van der Waals surface area contributed by atoms with Crippen LogP contribution in [-0.4, -0.2) is 52.1 Å². The molecule has 34 heavy (non-hydrogen) atoms. The molecule has 0 aromatic heterocycles. The largest absolute Gasteiger partial charge is 0.497 e. The Bertz CT molecular complexity index is 1140. The van der Waals surface area contributed by atoms with Gasteiger partial charge in [0.25, 0.3) is 23.4 Å². The minimum Gasteiger partial charge on any atom is -0.497 e. The lowest BCUT2D eigenvalue weighted by atomic mass is 9.81. The Hall–Kier alpha value is -4.08. The van der Waals surface area contributed by atoms with E-state index in [1.54, 1.807) is 12.1 Å². The summed E-state index contributed by atoms with van der Waals surface area (Å²) in [5.74, 6) is -2.90. The molecule has 176 valence electrons.